The lowest BCUT2D eigenvalue weighted by Crippen LogP contribution is -2.37. The number of piperidine rings is 1. The number of alkyl halides is 1. The zero-order valence-electron chi connectivity index (χ0n) is 10.8. The van der Waals surface area contributed by atoms with Gasteiger partial charge in [-0.1, -0.05) is 20.8 Å². The predicted molar refractivity (Wildman–Crippen MR) is 64.8 cm³/mol. The van der Waals surface area contributed by atoms with Gasteiger partial charge in [-0.15, -0.1) is 0 Å². The molecule has 0 amide bonds. The predicted octanol–water partition coefficient (Wildman–Crippen LogP) is 3.20. The van der Waals surface area contributed by atoms with Gasteiger partial charge in [0.25, 0.3) is 0 Å². The van der Waals surface area contributed by atoms with Gasteiger partial charge < -0.3 is 9.64 Å². The number of hydrogen-bond donors (Lipinski definition) is 0. The number of nitrogens with zero attached hydrogens (tertiary/aromatic N) is 1. The Kier molecular flexibility index (Phi) is 4.63. The zero-order valence-corrected chi connectivity index (χ0v) is 10.8. The van der Waals surface area contributed by atoms with Gasteiger partial charge in [0, 0.05) is 13.1 Å². The number of likely N-dealkylation sites (tertiary alicyclic amines) is 1. The molecule has 0 aromatic carbocycles. The van der Waals surface area contributed by atoms with Crippen molar-refractivity contribution in [3.8, 4) is 0 Å². The summed E-state index contributed by atoms with van der Waals surface area (Å²) in [5.41, 5.74) is 0.382. The van der Waals surface area contributed by atoms with Crippen molar-refractivity contribution in [1.29, 1.82) is 0 Å². The topological polar surface area (TPSA) is 12.5 Å². The molecule has 3 heteroatoms. The zero-order chi connectivity index (χ0) is 12.2. The van der Waals surface area contributed by atoms with E-state index in [9.17, 15) is 4.39 Å². The first kappa shape index (κ1) is 13.3. The molecule has 1 heterocycles. The van der Waals surface area contributed by atoms with Crippen molar-refractivity contribution in [3.05, 3.63) is 12.5 Å². The van der Waals surface area contributed by atoms with Crippen molar-refractivity contribution in [3.63, 3.8) is 0 Å². The van der Waals surface area contributed by atoms with Crippen molar-refractivity contribution in [2.45, 2.75) is 33.6 Å². The monoisotopic (exact) mass is 229 g/mol. The molecule has 0 unspecified atom stereocenters. The molecule has 0 N–H and O–H groups in total. The van der Waals surface area contributed by atoms with E-state index >= 15 is 0 Å². The van der Waals surface area contributed by atoms with E-state index in [0.717, 1.165) is 19.0 Å². The van der Waals surface area contributed by atoms with Gasteiger partial charge in [0.1, 0.15) is 13.3 Å². The van der Waals surface area contributed by atoms with Crippen LogP contribution in [0.15, 0.2) is 12.5 Å². The molecule has 0 bridgehead atoms. The van der Waals surface area contributed by atoms with Gasteiger partial charge in [-0.2, -0.15) is 0 Å². The van der Waals surface area contributed by atoms with Gasteiger partial charge in [-0.05, 0) is 30.8 Å². The molecular weight excluding hydrogens is 205 g/mol. The molecule has 2 nitrogen and oxygen atoms in total. The van der Waals surface area contributed by atoms with Crippen molar-refractivity contribution in [1.82, 2.24) is 4.90 Å². The van der Waals surface area contributed by atoms with Gasteiger partial charge in [-0.25, -0.2) is 4.39 Å². The Hall–Kier alpha value is -0.730. The summed E-state index contributed by atoms with van der Waals surface area (Å²) in [5.74, 6) is 1.39. The highest BCUT2D eigenvalue weighted by Gasteiger charge is 2.29. The van der Waals surface area contributed by atoms with Crippen LogP contribution in [0.5, 0.6) is 0 Å². The average Bonchev–Trinajstić information content (AvgIpc) is 2.25. The van der Waals surface area contributed by atoms with Gasteiger partial charge in [0.05, 0.1) is 0 Å². The Morgan fingerprint density at radius 1 is 1.38 bits per heavy atom. The van der Waals surface area contributed by atoms with E-state index in [0.29, 0.717) is 11.3 Å². The summed E-state index contributed by atoms with van der Waals surface area (Å²) >= 11 is 0. The first-order valence-corrected chi connectivity index (χ1v) is 6.07. The lowest BCUT2D eigenvalue weighted by atomic mass is 9.75. The van der Waals surface area contributed by atoms with E-state index in [2.05, 4.69) is 32.3 Å². The summed E-state index contributed by atoms with van der Waals surface area (Å²) in [4.78, 5) is 2.12. The van der Waals surface area contributed by atoms with Crippen LogP contribution in [0.3, 0.4) is 0 Å². The molecule has 1 aliphatic heterocycles. The fourth-order valence-corrected chi connectivity index (χ4v) is 2.24. The molecule has 0 atom stereocenters. The van der Waals surface area contributed by atoms with Crippen LogP contribution in [0.25, 0.3) is 0 Å². The van der Waals surface area contributed by atoms with Gasteiger partial charge >= 0.3 is 0 Å². The Morgan fingerprint density at radius 3 is 2.38 bits per heavy atom. The Labute approximate surface area is 98.5 Å². The molecule has 1 aliphatic rings. The van der Waals surface area contributed by atoms with Crippen molar-refractivity contribution < 1.29 is 9.13 Å². The molecule has 94 valence electrons. The van der Waals surface area contributed by atoms with Crippen LogP contribution < -0.4 is 0 Å². The van der Waals surface area contributed by atoms with Crippen LogP contribution >= 0.6 is 0 Å². The summed E-state index contributed by atoms with van der Waals surface area (Å²) in [6.45, 7) is 12.4. The van der Waals surface area contributed by atoms with Gasteiger partial charge in [0.2, 0.25) is 0 Å². The summed E-state index contributed by atoms with van der Waals surface area (Å²) in [6, 6.07) is 0. The highest BCUT2D eigenvalue weighted by Crippen LogP contribution is 2.34. The second-order valence-electron chi connectivity index (χ2n) is 5.56. The summed E-state index contributed by atoms with van der Waals surface area (Å²) in [6.07, 6.45) is 2.34. The number of halogens is 1. The molecule has 16 heavy (non-hydrogen) atoms. The van der Waals surface area contributed by atoms with E-state index in [1.165, 1.54) is 12.8 Å². The molecule has 1 saturated heterocycles. The summed E-state index contributed by atoms with van der Waals surface area (Å²) < 4.78 is 17.2. The van der Waals surface area contributed by atoms with Crippen LogP contribution in [-0.2, 0) is 4.74 Å². The van der Waals surface area contributed by atoms with Crippen LogP contribution in [0.1, 0.15) is 33.6 Å². The molecule has 0 saturated carbocycles. The minimum Gasteiger partial charge on any atom is -0.477 e. The van der Waals surface area contributed by atoms with Crippen LogP contribution in [0.2, 0.25) is 0 Å². The van der Waals surface area contributed by atoms with Gasteiger partial charge in [0.15, 0.2) is 5.88 Å². The SMILES string of the molecule is C=C(OCCF)N1CCC(C(C)(C)C)CC1. The smallest absolute Gasteiger partial charge is 0.181 e. The fraction of sp³-hybridized carbons (Fsp3) is 0.846. The van der Waals surface area contributed by atoms with E-state index in [-0.39, 0.29) is 6.61 Å². The second kappa shape index (κ2) is 5.55. The van der Waals surface area contributed by atoms with Crippen LogP contribution in [0, 0.1) is 11.3 Å². The highest BCUT2D eigenvalue weighted by molar-refractivity contribution is 4.89. The second-order valence-corrected chi connectivity index (χ2v) is 5.56. The maximum Gasteiger partial charge on any atom is 0.181 e. The molecule has 1 rings (SSSR count). The molecule has 1 fully saturated rings. The minimum atomic E-state index is -0.447. The number of hydrogen-bond acceptors (Lipinski definition) is 2. The minimum absolute atomic E-state index is 0.123. The van der Waals surface area contributed by atoms with Crippen molar-refractivity contribution >= 4 is 0 Å². The highest BCUT2D eigenvalue weighted by atomic mass is 19.1. The number of ether oxygens (including phenoxy) is 1. The molecule has 0 aromatic rings. The lowest BCUT2D eigenvalue weighted by molar-refractivity contribution is 0.0603. The maximum absolute atomic E-state index is 12.0. The largest absolute Gasteiger partial charge is 0.477 e. The third-order valence-electron chi connectivity index (χ3n) is 3.42. The van der Waals surface area contributed by atoms with Crippen LogP contribution in [-0.4, -0.2) is 31.3 Å². The number of rotatable bonds is 4. The Bertz CT molecular complexity index is 227. The van der Waals surface area contributed by atoms with Crippen molar-refractivity contribution in [2.75, 3.05) is 26.4 Å². The van der Waals surface area contributed by atoms with E-state index in [1.807, 2.05) is 0 Å². The van der Waals surface area contributed by atoms with E-state index in [4.69, 9.17) is 4.74 Å². The molecule has 0 radical (unpaired) electrons. The summed E-state index contributed by atoms with van der Waals surface area (Å²) in [5, 5.41) is 0. The first-order chi connectivity index (χ1) is 7.45. The third-order valence-corrected chi connectivity index (χ3v) is 3.42. The maximum atomic E-state index is 12.0. The fourth-order valence-electron chi connectivity index (χ4n) is 2.24. The van der Waals surface area contributed by atoms with Gasteiger partial charge in [-0.3, -0.25) is 0 Å². The molecule has 0 spiro atoms. The van der Waals surface area contributed by atoms with E-state index in [1.54, 1.807) is 0 Å². The summed E-state index contributed by atoms with van der Waals surface area (Å²) in [7, 11) is 0. The van der Waals surface area contributed by atoms with Crippen LogP contribution in [0.4, 0.5) is 4.39 Å². The van der Waals surface area contributed by atoms with E-state index < -0.39 is 6.67 Å². The molecule has 0 aromatic heterocycles. The quantitative estimate of drug-likeness (QED) is 0.686. The standard InChI is InChI=1S/C13H24FNO/c1-11(16-10-7-14)15-8-5-12(6-9-15)13(2,3)4/h12H,1,5-10H2,2-4H3. The van der Waals surface area contributed by atoms with Crippen molar-refractivity contribution in [2.24, 2.45) is 11.3 Å². The lowest BCUT2D eigenvalue weighted by Gasteiger charge is -2.39. The Morgan fingerprint density at radius 2 is 1.94 bits per heavy atom. The Balaban J connectivity index is 2.34. The average molecular weight is 229 g/mol. The molecular formula is C13H24FNO. The normalized spacial score (nSPS) is 18.6. The first-order valence-electron chi connectivity index (χ1n) is 6.07. The molecule has 0 aliphatic carbocycles. The third kappa shape index (κ3) is 3.69.